The molecule has 14 heavy (non-hydrogen) atoms. The standard InChI is InChI=1S/C9H14N4O/c1-11-9(14)4-5-12-7-2-3-8(10)13-6-7/h2-3,6,12H,4-5H2,1H3,(H2,10,13)(H,11,14). The Bertz CT molecular complexity index is 296. The summed E-state index contributed by atoms with van der Waals surface area (Å²) in [5.74, 6) is 0.503. The third-order valence-corrected chi connectivity index (χ3v) is 1.75. The number of rotatable bonds is 4. The van der Waals surface area contributed by atoms with Crippen LogP contribution >= 0.6 is 0 Å². The second-order valence-electron chi connectivity index (χ2n) is 2.82. The number of nitrogens with zero attached hydrogens (tertiary/aromatic N) is 1. The van der Waals surface area contributed by atoms with Crippen molar-refractivity contribution in [2.45, 2.75) is 6.42 Å². The largest absolute Gasteiger partial charge is 0.384 e. The number of carbonyl (C=O) groups excluding carboxylic acids is 1. The summed E-state index contributed by atoms with van der Waals surface area (Å²) in [6.45, 7) is 0.589. The van der Waals surface area contributed by atoms with Crippen LogP contribution in [0.1, 0.15) is 6.42 Å². The Morgan fingerprint density at radius 1 is 1.57 bits per heavy atom. The van der Waals surface area contributed by atoms with Gasteiger partial charge in [0, 0.05) is 20.0 Å². The maximum absolute atomic E-state index is 10.9. The van der Waals surface area contributed by atoms with Gasteiger partial charge in [-0.3, -0.25) is 4.79 Å². The van der Waals surface area contributed by atoms with Crippen LogP contribution < -0.4 is 16.4 Å². The van der Waals surface area contributed by atoms with Crippen LogP contribution in [-0.2, 0) is 4.79 Å². The minimum Gasteiger partial charge on any atom is -0.384 e. The average molecular weight is 194 g/mol. The molecule has 0 radical (unpaired) electrons. The molecular formula is C9H14N4O. The van der Waals surface area contributed by atoms with Gasteiger partial charge in [0.1, 0.15) is 5.82 Å². The van der Waals surface area contributed by atoms with E-state index in [4.69, 9.17) is 5.73 Å². The molecular weight excluding hydrogens is 180 g/mol. The van der Waals surface area contributed by atoms with E-state index in [9.17, 15) is 4.79 Å². The van der Waals surface area contributed by atoms with Gasteiger partial charge < -0.3 is 16.4 Å². The third kappa shape index (κ3) is 3.30. The zero-order chi connectivity index (χ0) is 10.4. The van der Waals surface area contributed by atoms with Crippen LogP contribution in [0.25, 0.3) is 0 Å². The van der Waals surface area contributed by atoms with Crippen LogP contribution in [0.4, 0.5) is 11.5 Å². The van der Waals surface area contributed by atoms with Gasteiger partial charge in [-0.15, -0.1) is 0 Å². The van der Waals surface area contributed by atoms with Crippen LogP contribution in [0.15, 0.2) is 18.3 Å². The first-order valence-electron chi connectivity index (χ1n) is 4.38. The van der Waals surface area contributed by atoms with E-state index in [2.05, 4.69) is 15.6 Å². The zero-order valence-electron chi connectivity index (χ0n) is 8.08. The summed E-state index contributed by atoms with van der Waals surface area (Å²) in [5, 5.41) is 5.60. The number of nitrogens with one attached hydrogen (secondary N) is 2. The van der Waals surface area contributed by atoms with Crippen molar-refractivity contribution < 1.29 is 4.79 Å². The fourth-order valence-corrected chi connectivity index (χ4v) is 0.955. The molecule has 0 saturated heterocycles. The lowest BCUT2D eigenvalue weighted by molar-refractivity contribution is -0.120. The van der Waals surface area contributed by atoms with Gasteiger partial charge in [-0.05, 0) is 12.1 Å². The molecule has 5 nitrogen and oxygen atoms in total. The van der Waals surface area contributed by atoms with Crippen molar-refractivity contribution in [2.24, 2.45) is 0 Å². The molecule has 1 rings (SSSR count). The van der Waals surface area contributed by atoms with Gasteiger partial charge in [0.25, 0.3) is 0 Å². The van der Waals surface area contributed by atoms with Crippen molar-refractivity contribution in [1.29, 1.82) is 0 Å². The highest BCUT2D eigenvalue weighted by atomic mass is 16.1. The summed E-state index contributed by atoms with van der Waals surface area (Å²) in [4.78, 5) is 14.8. The topological polar surface area (TPSA) is 80.0 Å². The Labute approximate surface area is 82.7 Å². The molecule has 0 saturated carbocycles. The van der Waals surface area contributed by atoms with Gasteiger partial charge in [0.15, 0.2) is 0 Å². The van der Waals surface area contributed by atoms with Crippen molar-refractivity contribution in [3.8, 4) is 0 Å². The van der Waals surface area contributed by atoms with Crippen molar-refractivity contribution in [3.05, 3.63) is 18.3 Å². The van der Waals surface area contributed by atoms with E-state index in [1.165, 1.54) is 0 Å². The second-order valence-corrected chi connectivity index (χ2v) is 2.82. The van der Waals surface area contributed by atoms with Crippen LogP contribution in [0.2, 0.25) is 0 Å². The molecule has 1 heterocycles. The number of hydrogen-bond donors (Lipinski definition) is 3. The van der Waals surface area contributed by atoms with Gasteiger partial charge in [-0.1, -0.05) is 0 Å². The molecule has 76 valence electrons. The normalized spacial score (nSPS) is 9.50. The quantitative estimate of drug-likeness (QED) is 0.640. The second kappa shape index (κ2) is 5.06. The highest BCUT2D eigenvalue weighted by Gasteiger charge is 1.97. The van der Waals surface area contributed by atoms with Crippen molar-refractivity contribution in [1.82, 2.24) is 10.3 Å². The van der Waals surface area contributed by atoms with Gasteiger partial charge in [0.2, 0.25) is 5.91 Å². The smallest absolute Gasteiger partial charge is 0.221 e. The first-order chi connectivity index (χ1) is 6.72. The lowest BCUT2D eigenvalue weighted by atomic mass is 10.3. The fraction of sp³-hybridized carbons (Fsp3) is 0.333. The minimum atomic E-state index is 0.0147. The molecule has 0 aliphatic carbocycles. The molecule has 1 aromatic rings. The van der Waals surface area contributed by atoms with Gasteiger partial charge in [-0.25, -0.2) is 4.98 Å². The van der Waals surface area contributed by atoms with E-state index in [0.717, 1.165) is 5.69 Å². The molecule has 0 fully saturated rings. The van der Waals surface area contributed by atoms with E-state index in [0.29, 0.717) is 18.8 Å². The molecule has 5 heteroatoms. The number of anilines is 2. The average Bonchev–Trinajstić information content (AvgIpc) is 2.21. The Hall–Kier alpha value is -1.78. The van der Waals surface area contributed by atoms with E-state index in [-0.39, 0.29) is 5.91 Å². The summed E-state index contributed by atoms with van der Waals surface area (Å²) in [6, 6.07) is 3.54. The SMILES string of the molecule is CNC(=O)CCNc1ccc(N)nc1. The lowest BCUT2D eigenvalue weighted by Crippen LogP contribution is -2.20. The molecule has 1 amide bonds. The van der Waals surface area contributed by atoms with E-state index < -0.39 is 0 Å². The predicted molar refractivity (Wildman–Crippen MR) is 55.8 cm³/mol. The summed E-state index contributed by atoms with van der Waals surface area (Å²) in [5.41, 5.74) is 6.29. The molecule has 0 spiro atoms. The Balaban J connectivity index is 2.31. The lowest BCUT2D eigenvalue weighted by Gasteiger charge is -2.04. The molecule has 0 aromatic carbocycles. The van der Waals surface area contributed by atoms with E-state index in [1.807, 2.05) is 6.07 Å². The molecule has 0 unspecified atom stereocenters. The Morgan fingerprint density at radius 2 is 2.36 bits per heavy atom. The third-order valence-electron chi connectivity index (χ3n) is 1.75. The number of carbonyl (C=O) groups is 1. The molecule has 0 bridgehead atoms. The number of amides is 1. The predicted octanol–water partition coefficient (Wildman–Crippen LogP) is 0.212. The Kier molecular flexibility index (Phi) is 3.72. The summed E-state index contributed by atoms with van der Waals surface area (Å²) < 4.78 is 0. The van der Waals surface area contributed by atoms with Crippen LogP contribution in [0, 0.1) is 0 Å². The molecule has 1 aromatic heterocycles. The minimum absolute atomic E-state index is 0.0147. The Morgan fingerprint density at radius 3 is 2.93 bits per heavy atom. The first-order valence-corrected chi connectivity index (χ1v) is 4.38. The van der Waals surface area contributed by atoms with Crippen LogP contribution in [-0.4, -0.2) is 24.5 Å². The summed E-state index contributed by atoms with van der Waals surface area (Å²) in [7, 11) is 1.62. The molecule has 0 atom stereocenters. The molecule has 0 aliphatic heterocycles. The number of nitrogen functional groups attached to an aromatic ring is 1. The summed E-state index contributed by atoms with van der Waals surface area (Å²) in [6.07, 6.45) is 2.08. The fourth-order valence-electron chi connectivity index (χ4n) is 0.955. The maximum atomic E-state index is 10.9. The number of hydrogen-bond acceptors (Lipinski definition) is 4. The van der Waals surface area contributed by atoms with E-state index in [1.54, 1.807) is 19.3 Å². The number of pyridine rings is 1. The van der Waals surface area contributed by atoms with Gasteiger partial charge in [-0.2, -0.15) is 0 Å². The van der Waals surface area contributed by atoms with Gasteiger partial charge >= 0.3 is 0 Å². The van der Waals surface area contributed by atoms with Crippen molar-refractivity contribution in [3.63, 3.8) is 0 Å². The number of aromatic nitrogens is 1. The van der Waals surface area contributed by atoms with Crippen molar-refractivity contribution >= 4 is 17.4 Å². The van der Waals surface area contributed by atoms with Crippen LogP contribution in [0.3, 0.4) is 0 Å². The highest BCUT2D eigenvalue weighted by molar-refractivity contribution is 5.76. The van der Waals surface area contributed by atoms with Crippen molar-refractivity contribution in [2.75, 3.05) is 24.6 Å². The summed E-state index contributed by atoms with van der Waals surface area (Å²) >= 11 is 0. The molecule has 0 aliphatic rings. The maximum Gasteiger partial charge on any atom is 0.221 e. The molecule has 4 N–H and O–H groups in total. The van der Waals surface area contributed by atoms with E-state index >= 15 is 0 Å². The van der Waals surface area contributed by atoms with Crippen LogP contribution in [0.5, 0.6) is 0 Å². The first kappa shape index (κ1) is 10.3. The number of nitrogens with two attached hydrogens (primary N) is 1. The van der Waals surface area contributed by atoms with Gasteiger partial charge in [0.05, 0.1) is 11.9 Å². The monoisotopic (exact) mass is 194 g/mol. The highest BCUT2D eigenvalue weighted by Crippen LogP contribution is 2.06. The zero-order valence-corrected chi connectivity index (χ0v) is 8.08.